The topological polar surface area (TPSA) is 129 Å². The molecule has 0 aliphatic carbocycles. The summed E-state index contributed by atoms with van der Waals surface area (Å²) in [6.07, 6.45) is 1.54. The molecule has 0 fully saturated rings. The molecule has 0 spiro atoms. The molecule has 31 heavy (non-hydrogen) atoms. The lowest BCUT2D eigenvalue weighted by atomic mass is 10.1. The first-order valence-corrected chi connectivity index (χ1v) is 11.9. The predicted octanol–water partition coefficient (Wildman–Crippen LogP) is 3.65. The van der Waals surface area contributed by atoms with Crippen LogP contribution in [0.25, 0.3) is 0 Å². The van der Waals surface area contributed by atoms with Crippen molar-refractivity contribution < 1.29 is 23.9 Å². The molecule has 4 N–H and O–H groups in total. The Kier molecular flexibility index (Phi) is 9.03. The minimum atomic E-state index is -4.72. The number of nitrogens with zero attached hydrogens (tertiary/aromatic N) is 1. The summed E-state index contributed by atoms with van der Waals surface area (Å²) in [4.78, 5) is 49.1. The fourth-order valence-corrected chi connectivity index (χ4v) is 4.23. The highest BCUT2D eigenvalue weighted by Crippen LogP contribution is 2.44. The van der Waals surface area contributed by atoms with Crippen molar-refractivity contribution in [2.45, 2.75) is 38.4 Å². The van der Waals surface area contributed by atoms with Gasteiger partial charge >= 0.3 is 7.60 Å². The number of aromatic nitrogens is 1. The van der Waals surface area contributed by atoms with Gasteiger partial charge in [0.05, 0.1) is 10.0 Å². The van der Waals surface area contributed by atoms with E-state index in [-0.39, 0.29) is 23.8 Å². The van der Waals surface area contributed by atoms with Crippen molar-refractivity contribution in [3.05, 3.63) is 58.3 Å². The van der Waals surface area contributed by atoms with Gasteiger partial charge in [-0.15, -0.1) is 0 Å². The molecule has 0 unspecified atom stereocenters. The molecule has 0 bridgehead atoms. The van der Waals surface area contributed by atoms with Crippen LogP contribution in [0, 0.1) is 5.92 Å². The van der Waals surface area contributed by atoms with Gasteiger partial charge in [0, 0.05) is 24.0 Å². The predicted molar refractivity (Wildman–Crippen MR) is 120 cm³/mol. The Balaban J connectivity index is 2.26. The molecule has 0 radical (unpaired) electrons. The SMILES string of the molecule is CC(C)C[C@H](C(=O)N[C@@H](Cc1ccccn1)C(=O)Nc1ccc(Cl)c(Cl)c1)P(=O)(O)O. The Bertz CT molecular complexity index is 969. The van der Waals surface area contributed by atoms with Crippen LogP contribution in [-0.2, 0) is 20.6 Å². The van der Waals surface area contributed by atoms with Gasteiger partial charge in [0.15, 0.2) is 0 Å². The Morgan fingerprint density at radius 3 is 2.35 bits per heavy atom. The van der Waals surface area contributed by atoms with Gasteiger partial charge in [0.2, 0.25) is 11.8 Å². The Labute approximate surface area is 190 Å². The summed E-state index contributed by atoms with van der Waals surface area (Å²) < 4.78 is 11.9. The highest BCUT2D eigenvalue weighted by Gasteiger charge is 2.38. The standard InChI is InChI=1S/C20H24Cl2N3O5P/c1-12(2)9-18(31(28,29)30)20(27)25-17(11-13-5-3-4-8-23-13)19(26)24-14-6-7-15(21)16(22)10-14/h3-8,10,12,17-18H,9,11H2,1-2H3,(H,24,26)(H,25,27)(H2,28,29,30)/t17-,18+/m0/s1. The van der Waals surface area contributed by atoms with Gasteiger partial charge in [-0.25, -0.2) is 0 Å². The molecule has 2 rings (SSSR count). The second kappa shape index (κ2) is 11.1. The van der Waals surface area contributed by atoms with E-state index in [9.17, 15) is 23.9 Å². The van der Waals surface area contributed by atoms with E-state index in [0.717, 1.165) is 0 Å². The van der Waals surface area contributed by atoms with E-state index in [1.807, 2.05) is 0 Å². The van der Waals surface area contributed by atoms with E-state index in [2.05, 4.69) is 15.6 Å². The fraction of sp³-hybridized carbons (Fsp3) is 0.350. The normalized spacial score (nSPS) is 13.5. The number of anilines is 1. The van der Waals surface area contributed by atoms with Crippen LogP contribution in [0.5, 0.6) is 0 Å². The third-order valence-electron chi connectivity index (χ3n) is 4.36. The second-order valence-corrected chi connectivity index (χ2v) is 10.1. The minimum absolute atomic E-state index is 0.0231. The third-order valence-corrected chi connectivity index (χ3v) is 6.36. The van der Waals surface area contributed by atoms with E-state index in [1.165, 1.54) is 12.1 Å². The maximum Gasteiger partial charge on any atom is 0.337 e. The zero-order valence-corrected chi connectivity index (χ0v) is 19.4. The second-order valence-electron chi connectivity index (χ2n) is 7.44. The largest absolute Gasteiger partial charge is 0.343 e. The fourth-order valence-electron chi connectivity index (χ4n) is 2.85. The van der Waals surface area contributed by atoms with Crippen molar-refractivity contribution in [3.8, 4) is 0 Å². The van der Waals surface area contributed by atoms with Crippen LogP contribution in [0.1, 0.15) is 26.0 Å². The Hall–Kier alpha value is -1.96. The van der Waals surface area contributed by atoms with Gasteiger partial charge in [-0.3, -0.25) is 19.1 Å². The molecule has 2 atom stereocenters. The molecule has 1 aromatic heterocycles. The van der Waals surface area contributed by atoms with E-state index >= 15 is 0 Å². The molecule has 0 aliphatic rings. The number of halogens is 2. The van der Waals surface area contributed by atoms with Gasteiger partial charge in [-0.2, -0.15) is 0 Å². The number of rotatable bonds is 9. The average molecular weight is 488 g/mol. The van der Waals surface area contributed by atoms with Crippen molar-refractivity contribution in [2.75, 3.05) is 5.32 Å². The highest BCUT2D eigenvalue weighted by atomic mass is 35.5. The number of amides is 2. The van der Waals surface area contributed by atoms with E-state index in [0.29, 0.717) is 16.4 Å². The van der Waals surface area contributed by atoms with Gasteiger partial charge < -0.3 is 20.4 Å². The molecule has 2 amide bonds. The smallest absolute Gasteiger partial charge is 0.337 e. The van der Waals surface area contributed by atoms with Gasteiger partial charge in [0.25, 0.3) is 0 Å². The van der Waals surface area contributed by atoms with Gasteiger partial charge in [0.1, 0.15) is 11.7 Å². The quantitative estimate of drug-likeness (QED) is 0.399. The van der Waals surface area contributed by atoms with E-state index < -0.39 is 31.1 Å². The number of nitrogens with one attached hydrogen (secondary N) is 2. The number of hydrogen-bond donors (Lipinski definition) is 4. The van der Waals surface area contributed by atoms with Crippen molar-refractivity contribution >= 4 is 48.3 Å². The van der Waals surface area contributed by atoms with Crippen molar-refractivity contribution in [1.82, 2.24) is 10.3 Å². The minimum Gasteiger partial charge on any atom is -0.343 e. The molecule has 168 valence electrons. The lowest BCUT2D eigenvalue weighted by Crippen LogP contribution is -2.49. The first-order chi connectivity index (χ1) is 14.5. The summed E-state index contributed by atoms with van der Waals surface area (Å²) in [5, 5.41) is 5.67. The van der Waals surface area contributed by atoms with E-state index in [4.69, 9.17) is 23.2 Å². The summed E-state index contributed by atoms with van der Waals surface area (Å²) in [6, 6.07) is 8.51. The highest BCUT2D eigenvalue weighted by molar-refractivity contribution is 7.53. The lowest BCUT2D eigenvalue weighted by molar-refractivity contribution is -0.126. The number of pyridine rings is 1. The van der Waals surface area contributed by atoms with Gasteiger partial charge in [-0.1, -0.05) is 43.1 Å². The zero-order chi connectivity index (χ0) is 23.2. The average Bonchev–Trinajstić information content (AvgIpc) is 2.68. The maximum absolute atomic E-state index is 12.9. The summed E-state index contributed by atoms with van der Waals surface area (Å²) in [5.41, 5.74) is -0.682. The molecular weight excluding hydrogens is 464 g/mol. The summed E-state index contributed by atoms with van der Waals surface area (Å²) >= 11 is 11.9. The van der Waals surface area contributed by atoms with Crippen molar-refractivity contribution in [1.29, 1.82) is 0 Å². The molecule has 1 heterocycles. The monoisotopic (exact) mass is 487 g/mol. The first-order valence-electron chi connectivity index (χ1n) is 9.48. The molecule has 2 aromatic rings. The molecule has 0 aliphatic heterocycles. The molecular formula is C20H24Cl2N3O5P. The van der Waals surface area contributed by atoms with Crippen LogP contribution >= 0.6 is 30.8 Å². The van der Waals surface area contributed by atoms with Crippen LogP contribution in [-0.4, -0.2) is 38.3 Å². The zero-order valence-electron chi connectivity index (χ0n) is 17.0. The van der Waals surface area contributed by atoms with E-state index in [1.54, 1.807) is 44.3 Å². The maximum atomic E-state index is 12.9. The summed E-state index contributed by atoms with van der Waals surface area (Å²) in [7, 11) is -4.72. The molecule has 11 heteroatoms. The molecule has 1 aromatic carbocycles. The molecule has 0 saturated heterocycles. The number of carbonyl (C=O) groups is 2. The molecule has 0 saturated carbocycles. The van der Waals surface area contributed by atoms with Crippen LogP contribution < -0.4 is 10.6 Å². The Morgan fingerprint density at radius 2 is 1.81 bits per heavy atom. The molecule has 8 nitrogen and oxygen atoms in total. The summed E-state index contributed by atoms with van der Waals surface area (Å²) in [6.45, 7) is 3.50. The van der Waals surface area contributed by atoms with Crippen LogP contribution in [0.2, 0.25) is 10.0 Å². The number of benzene rings is 1. The van der Waals surface area contributed by atoms with Crippen LogP contribution in [0.15, 0.2) is 42.6 Å². The van der Waals surface area contributed by atoms with Crippen LogP contribution in [0.4, 0.5) is 5.69 Å². The van der Waals surface area contributed by atoms with Crippen molar-refractivity contribution in [3.63, 3.8) is 0 Å². The summed E-state index contributed by atoms with van der Waals surface area (Å²) in [5.74, 6) is -1.62. The van der Waals surface area contributed by atoms with Crippen molar-refractivity contribution in [2.24, 2.45) is 5.92 Å². The van der Waals surface area contributed by atoms with Gasteiger partial charge in [-0.05, 0) is 42.7 Å². The Morgan fingerprint density at radius 1 is 1.10 bits per heavy atom. The third kappa shape index (κ3) is 7.91. The lowest BCUT2D eigenvalue weighted by Gasteiger charge is -2.24. The first kappa shape index (κ1) is 25.3. The number of carbonyl (C=O) groups excluding carboxylic acids is 2. The number of hydrogen-bond acceptors (Lipinski definition) is 4. The van der Waals surface area contributed by atoms with Crippen LogP contribution in [0.3, 0.4) is 0 Å².